The lowest BCUT2D eigenvalue weighted by Crippen LogP contribution is -2.53. The zero-order chi connectivity index (χ0) is 14.9. The fourth-order valence-corrected chi connectivity index (χ4v) is 3.96. The lowest BCUT2D eigenvalue weighted by Gasteiger charge is -2.49. The third-order valence-electron chi connectivity index (χ3n) is 5.40. The van der Waals surface area contributed by atoms with Gasteiger partial charge in [0.1, 0.15) is 0 Å². The number of likely N-dealkylation sites (tertiary alicyclic amines) is 2. The van der Waals surface area contributed by atoms with Gasteiger partial charge in [0.15, 0.2) is 0 Å². The highest BCUT2D eigenvalue weighted by atomic mass is 16.2. The molecule has 3 nitrogen and oxygen atoms in total. The van der Waals surface area contributed by atoms with Crippen molar-refractivity contribution in [3.8, 4) is 0 Å². The van der Waals surface area contributed by atoms with Crippen LogP contribution >= 0.6 is 0 Å². The number of amides is 1. The van der Waals surface area contributed by atoms with Crippen molar-refractivity contribution in [3.63, 3.8) is 0 Å². The molecule has 1 aromatic carbocycles. The number of benzene rings is 1. The van der Waals surface area contributed by atoms with E-state index in [1.54, 1.807) is 0 Å². The Kier molecular flexibility index (Phi) is 4.03. The summed E-state index contributed by atoms with van der Waals surface area (Å²) < 4.78 is 0. The molecule has 2 fully saturated rings. The summed E-state index contributed by atoms with van der Waals surface area (Å²) in [4.78, 5) is 17.3. The highest BCUT2D eigenvalue weighted by Gasteiger charge is 2.45. The van der Waals surface area contributed by atoms with E-state index in [1.807, 2.05) is 6.07 Å². The summed E-state index contributed by atoms with van der Waals surface area (Å²) in [5.74, 6) is 0.386. The van der Waals surface area contributed by atoms with Gasteiger partial charge in [0, 0.05) is 13.1 Å². The molecule has 0 bridgehead atoms. The minimum absolute atomic E-state index is 0.0586. The van der Waals surface area contributed by atoms with E-state index in [0.29, 0.717) is 11.3 Å². The lowest BCUT2D eigenvalue weighted by atomic mass is 9.67. The van der Waals surface area contributed by atoms with Crippen LogP contribution in [0, 0.1) is 5.41 Å². The fourth-order valence-electron chi connectivity index (χ4n) is 3.96. The van der Waals surface area contributed by atoms with E-state index in [4.69, 9.17) is 0 Å². The Morgan fingerprint density at radius 2 is 1.86 bits per heavy atom. The first-order valence-electron chi connectivity index (χ1n) is 8.16. The van der Waals surface area contributed by atoms with Gasteiger partial charge < -0.3 is 9.80 Å². The molecule has 2 heterocycles. The zero-order valence-electron chi connectivity index (χ0n) is 13.2. The molecule has 3 rings (SSSR count). The van der Waals surface area contributed by atoms with Crippen LogP contribution in [-0.4, -0.2) is 48.9 Å². The molecular formula is C18H26N2O. The van der Waals surface area contributed by atoms with E-state index in [0.717, 1.165) is 32.6 Å². The number of carbonyl (C=O) groups is 1. The topological polar surface area (TPSA) is 23.6 Å². The molecule has 0 radical (unpaired) electrons. The van der Waals surface area contributed by atoms with Crippen molar-refractivity contribution in [2.75, 3.05) is 33.2 Å². The van der Waals surface area contributed by atoms with Crippen molar-refractivity contribution in [3.05, 3.63) is 35.9 Å². The number of hydrogen-bond acceptors (Lipinski definition) is 2. The maximum Gasteiger partial charge on any atom is 0.230 e. The number of carbonyl (C=O) groups excluding carboxylic acids is 1. The van der Waals surface area contributed by atoms with E-state index in [1.165, 1.54) is 18.4 Å². The second-order valence-corrected chi connectivity index (χ2v) is 6.82. The molecule has 1 spiro atoms. The maximum absolute atomic E-state index is 12.8. The van der Waals surface area contributed by atoms with Gasteiger partial charge in [-0.1, -0.05) is 30.3 Å². The minimum Gasteiger partial charge on any atom is -0.342 e. The van der Waals surface area contributed by atoms with Crippen LogP contribution in [0.15, 0.2) is 30.3 Å². The highest BCUT2D eigenvalue weighted by molar-refractivity contribution is 5.84. The van der Waals surface area contributed by atoms with Crippen molar-refractivity contribution in [2.45, 2.75) is 32.1 Å². The molecule has 0 unspecified atom stereocenters. The molecular weight excluding hydrogens is 260 g/mol. The quantitative estimate of drug-likeness (QED) is 0.834. The van der Waals surface area contributed by atoms with E-state index in [9.17, 15) is 4.79 Å². The predicted octanol–water partition coefficient (Wildman–Crippen LogP) is 2.73. The largest absolute Gasteiger partial charge is 0.342 e. The Morgan fingerprint density at radius 1 is 1.19 bits per heavy atom. The van der Waals surface area contributed by atoms with Crippen LogP contribution in [0.4, 0.5) is 0 Å². The van der Waals surface area contributed by atoms with Crippen LogP contribution in [0.3, 0.4) is 0 Å². The number of piperidine rings is 2. The van der Waals surface area contributed by atoms with Gasteiger partial charge in [-0.25, -0.2) is 0 Å². The summed E-state index contributed by atoms with van der Waals surface area (Å²) in [6.07, 6.45) is 3.47. The van der Waals surface area contributed by atoms with E-state index in [2.05, 4.69) is 48.0 Å². The van der Waals surface area contributed by atoms with E-state index < -0.39 is 0 Å². The molecule has 2 saturated heterocycles. The molecule has 2 aliphatic heterocycles. The van der Waals surface area contributed by atoms with Crippen LogP contribution in [0.25, 0.3) is 0 Å². The first kappa shape index (κ1) is 14.6. The Morgan fingerprint density at radius 3 is 2.48 bits per heavy atom. The number of nitrogens with zero attached hydrogens (tertiary/aromatic N) is 2. The SMILES string of the molecule is CCN1CC2(CCN(C)CC2)C[C@@H](c2ccccc2)C1=O. The second kappa shape index (κ2) is 5.80. The summed E-state index contributed by atoms with van der Waals surface area (Å²) in [5, 5.41) is 0. The van der Waals surface area contributed by atoms with Gasteiger partial charge in [-0.3, -0.25) is 4.79 Å². The Labute approximate surface area is 127 Å². The maximum atomic E-state index is 12.8. The molecule has 1 aromatic rings. The molecule has 3 heteroatoms. The van der Waals surface area contributed by atoms with Gasteiger partial charge >= 0.3 is 0 Å². The monoisotopic (exact) mass is 286 g/mol. The summed E-state index contributed by atoms with van der Waals surface area (Å²) in [7, 11) is 2.20. The highest BCUT2D eigenvalue weighted by Crippen LogP contribution is 2.45. The second-order valence-electron chi connectivity index (χ2n) is 6.82. The van der Waals surface area contributed by atoms with Crippen molar-refractivity contribution in [1.29, 1.82) is 0 Å². The predicted molar refractivity (Wildman–Crippen MR) is 85.2 cm³/mol. The Balaban J connectivity index is 1.87. The van der Waals surface area contributed by atoms with Crippen molar-refractivity contribution in [1.82, 2.24) is 9.80 Å². The van der Waals surface area contributed by atoms with Gasteiger partial charge in [-0.05, 0) is 57.3 Å². The molecule has 1 amide bonds. The van der Waals surface area contributed by atoms with Crippen molar-refractivity contribution in [2.24, 2.45) is 5.41 Å². The van der Waals surface area contributed by atoms with Crippen LogP contribution in [0.2, 0.25) is 0 Å². The summed E-state index contributed by atoms with van der Waals surface area (Å²) in [6, 6.07) is 10.4. The van der Waals surface area contributed by atoms with Gasteiger partial charge in [-0.15, -0.1) is 0 Å². The van der Waals surface area contributed by atoms with Gasteiger partial charge in [0.2, 0.25) is 5.91 Å². The molecule has 0 saturated carbocycles. The van der Waals surface area contributed by atoms with E-state index in [-0.39, 0.29) is 5.92 Å². The molecule has 0 aromatic heterocycles. The molecule has 21 heavy (non-hydrogen) atoms. The molecule has 2 aliphatic rings. The normalized spacial score (nSPS) is 26.3. The standard InChI is InChI=1S/C18H26N2O/c1-3-20-14-18(9-11-19(2)12-10-18)13-16(17(20)21)15-7-5-4-6-8-15/h4-8,16H,3,9-14H2,1-2H3/t16-/m0/s1. The lowest BCUT2D eigenvalue weighted by molar-refractivity contribution is -0.141. The molecule has 0 aliphatic carbocycles. The Hall–Kier alpha value is -1.35. The molecule has 1 atom stereocenters. The first-order chi connectivity index (χ1) is 10.1. The van der Waals surface area contributed by atoms with Crippen LogP contribution < -0.4 is 0 Å². The van der Waals surface area contributed by atoms with Crippen LogP contribution in [-0.2, 0) is 4.79 Å². The number of hydrogen-bond donors (Lipinski definition) is 0. The third-order valence-corrected chi connectivity index (χ3v) is 5.40. The fraction of sp³-hybridized carbons (Fsp3) is 0.611. The van der Waals surface area contributed by atoms with Crippen LogP contribution in [0.1, 0.15) is 37.7 Å². The third kappa shape index (κ3) is 2.84. The van der Waals surface area contributed by atoms with Gasteiger partial charge in [0.05, 0.1) is 5.92 Å². The zero-order valence-corrected chi connectivity index (χ0v) is 13.2. The summed E-state index contributed by atoms with van der Waals surface area (Å²) in [6.45, 7) is 6.22. The molecule has 114 valence electrons. The van der Waals surface area contributed by atoms with Crippen molar-refractivity contribution < 1.29 is 4.79 Å². The Bertz CT molecular complexity index is 491. The summed E-state index contributed by atoms with van der Waals surface area (Å²) >= 11 is 0. The van der Waals surface area contributed by atoms with Crippen LogP contribution in [0.5, 0.6) is 0 Å². The average Bonchev–Trinajstić information content (AvgIpc) is 2.53. The smallest absolute Gasteiger partial charge is 0.230 e. The first-order valence-corrected chi connectivity index (χ1v) is 8.16. The number of likely N-dealkylation sites (N-methyl/N-ethyl adjacent to an activating group) is 1. The van der Waals surface area contributed by atoms with E-state index >= 15 is 0 Å². The molecule has 0 N–H and O–H groups in total. The summed E-state index contributed by atoms with van der Waals surface area (Å²) in [5.41, 5.74) is 1.52. The van der Waals surface area contributed by atoms with Gasteiger partial charge in [0.25, 0.3) is 0 Å². The number of rotatable bonds is 2. The average molecular weight is 286 g/mol. The van der Waals surface area contributed by atoms with Gasteiger partial charge in [-0.2, -0.15) is 0 Å². The minimum atomic E-state index is 0.0586. The van der Waals surface area contributed by atoms with Crippen molar-refractivity contribution >= 4 is 5.91 Å².